The van der Waals surface area contributed by atoms with Gasteiger partial charge in [-0.3, -0.25) is 4.90 Å². The molecule has 1 aromatic heterocycles. The molecule has 1 aliphatic rings. The molecular formula is C21H21ClF2N4O. The van der Waals surface area contributed by atoms with Gasteiger partial charge in [0, 0.05) is 35.1 Å². The van der Waals surface area contributed by atoms with Gasteiger partial charge in [0.25, 0.3) is 6.43 Å². The molecular weight excluding hydrogens is 398 g/mol. The Morgan fingerprint density at radius 2 is 2.03 bits per heavy atom. The summed E-state index contributed by atoms with van der Waals surface area (Å²) in [5, 5.41) is 14.7. The molecule has 1 unspecified atom stereocenters. The number of aromatic nitrogens is 2. The molecule has 8 heteroatoms. The molecule has 1 saturated heterocycles. The zero-order valence-corrected chi connectivity index (χ0v) is 16.4. The van der Waals surface area contributed by atoms with E-state index < -0.39 is 12.2 Å². The van der Waals surface area contributed by atoms with Gasteiger partial charge in [0.1, 0.15) is 11.6 Å². The van der Waals surface area contributed by atoms with E-state index in [1.807, 2.05) is 12.1 Å². The van der Waals surface area contributed by atoms with Crippen LogP contribution in [0.4, 0.5) is 14.6 Å². The van der Waals surface area contributed by atoms with Gasteiger partial charge in [-0.2, -0.15) is 0 Å². The van der Waals surface area contributed by atoms with E-state index in [1.165, 1.54) is 0 Å². The number of hydrogen-bond acceptors (Lipinski definition) is 5. The van der Waals surface area contributed by atoms with E-state index in [0.717, 1.165) is 30.3 Å². The molecule has 2 N–H and O–H groups in total. The van der Waals surface area contributed by atoms with Crippen LogP contribution < -0.4 is 5.32 Å². The highest BCUT2D eigenvalue weighted by Gasteiger charge is 2.23. The quantitative estimate of drug-likeness (QED) is 0.610. The summed E-state index contributed by atoms with van der Waals surface area (Å²) in [6.07, 6.45) is -0.877. The molecule has 0 amide bonds. The first-order valence-corrected chi connectivity index (χ1v) is 9.88. The molecule has 1 aliphatic heterocycles. The van der Waals surface area contributed by atoms with Crippen molar-refractivity contribution in [1.29, 1.82) is 0 Å². The molecule has 2 aromatic carbocycles. The van der Waals surface area contributed by atoms with E-state index in [4.69, 9.17) is 11.6 Å². The van der Waals surface area contributed by atoms with E-state index in [0.29, 0.717) is 29.4 Å². The number of phenols is 1. The van der Waals surface area contributed by atoms with Gasteiger partial charge in [-0.1, -0.05) is 23.7 Å². The molecule has 3 aromatic rings. The van der Waals surface area contributed by atoms with Crippen LogP contribution in [0.25, 0.3) is 10.9 Å². The lowest BCUT2D eigenvalue weighted by Gasteiger charge is -2.33. The summed E-state index contributed by atoms with van der Waals surface area (Å²) in [5.41, 5.74) is 1.27. The van der Waals surface area contributed by atoms with Gasteiger partial charge in [-0.15, -0.1) is 0 Å². The Morgan fingerprint density at radius 3 is 2.86 bits per heavy atom. The molecule has 4 rings (SSSR count). The van der Waals surface area contributed by atoms with Crippen LogP contribution in [-0.2, 0) is 6.54 Å². The monoisotopic (exact) mass is 418 g/mol. The first-order valence-electron chi connectivity index (χ1n) is 9.50. The van der Waals surface area contributed by atoms with E-state index in [9.17, 15) is 13.9 Å². The molecule has 0 bridgehead atoms. The zero-order valence-electron chi connectivity index (χ0n) is 15.7. The summed E-state index contributed by atoms with van der Waals surface area (Å²) in [5.74, 6) is 0.180. The number of nitrogens with one attached hydrogen (secondary N) is 1. The van der Waals surface area contributed by atoms with Gasteiger partial charge in [0.05, 0.1) is 5.52 Å². The molecule has 0 aliphatic carbocycles. The summed E-state index contributed by atoms with van der Waals surface area (Å²) in [4.78, 5) is 10.3. The second-order valence-corrected chi connectivity index (χ2v) is 7.68. The van der Waals surface area contributed by atoms with Crippen molar-refractivity contribution < 1.29 is 13.9 Å². The van der Waals surface area contributed by atoms with Crippen LogP contribution in [0.3, 0.4) is 0 Å². The number of aromatic hydroxyl groups is 1. The first-order chi connectivity index (χ1) is 14.0. The number of hydrogen-bond donors (Lipinski definition) is 2. The normalized spacial score (nSPS) is 17.7. The molecule has 1 atom stereocenters. The lowest BCUT2D eigenvalue weighted by Crippen LogP contribution is -2.41. The number of rotatable bonds is 5. The highest BCUT2D eigenvalue weighted by molar-refractivity contribution is 6.30. The van der Waals surface area contributed by atoms with E-state index in [-0.39, 0.29) is 11.8 Å². The van der Waals surface area contributed by atoms with Gasteiger partial charge in [0.15, 0.2) is 5.82 Å². The van der Waals surface area contributed by atoms with Crippen LogP contribution >= 0.6 is 11.6 Å². The van der Waals surface area contributed by atoms with Crippen molar-refractivity contribution >= 4 is 28.3 Å². The van der Waals surface area contributed by atoms with Crippen LogP contribution in [-0.4, -0.2) is 39.1 Å². The summed E-state index contributed by atoms with van der Waals surface area (Å²) in [6, 6.07) is 12.2. The van der Waals surface area contributed by atoms with Crippen molar-refractivity contribution in [2.75, 3.05) is 18.4 Å². The number of anilines is 1. The number of halogens is 3. The topological polar surface area (TPSA) is 61.3 Å². The molecule has 1 fully saturated rings. The van der Waals surface area contributed by atoms with Crippen LogP contribution in [0, 0.1) is 0 Å². The van der Waals surface area contributed by atoms with Crippen molar-refractivity contribution in [2.24, 2.45) is 0 Å². The van der Waals surface area contributed by atoms with Gasteiger partial charge >= 0.3 is 0 Å². The van der Waals surface area contributed by atoms with Crippen molar-refractivity contribution in [3.63, 3.8) is 0 Å². The lowest BCUT2D eigenvalue weighted by atomic mass is 10.0. The fourth-order valence-corrected chi connectivity index (χ4v) is 3.93. The Kier molecular flexibility index (Phi) is 5.78. The zero-order chi connectivity index (χ0) is 20.4. The highest BCUT2D eigenvalue weighted by atomic mass is 35.5. The Morgan fingerprint density at radius 1 is 1.21 bits per heavy atom. The minimum atomic E-state index is -2.73. The predicted molar refractivity (Wildman–Crippen MR) is 110 cm³/mol. The third-order valence-corrected chi connectivity index (χ3v) is 5.33. The van der Waals surface area contributed by atoms with Gasteiger partial charge in [0.2, 0.25) is 0 Å². The Hall–Kier alpha value is -2.51. The van der Waals surface area contributed by atoms with Gasteiger partial charge < -0.3 is 10.4 Å². The summed E-state index contributed by atoms with van der Waals surface area (Å²) in [6.45, 7) is 2.16. The van der Waals surface area contributed by atoms with E-state index >= 15 is 0 Å². The molecule has 29 heavy (non-hydrogen) atoms. The average Bonchev–Trinajstić information content (AvgIpc) is 2.71. The van der Waals surface area contributed by atoms with E-state index in [2.05, 4.69) is 20.2 Å². The molecule has 0 radical (unpaired) electrons. The fraction of sp³-hybridized carbons (Fsp3) is 0.333. The lowest BCUT2D eigenvalue weighted by molar-refractivity contribution is 0.141. The van der Waals surface area contributed by atoms with E-state index in [1.54, 1.807) is 30.3 Å². The van der Waals surface area contributed by atoms with Gasteiger partial charge in [-0.25, -0.2) is 18.7 Å². The van der Waals surface area contributed by atoms with Crippen molar-refractivity contribution in [1.82, 2.24) is 14.9 Å². The molecule has 5 nitrogen and oxygen atoms in total. The van der Waals surface area contributed by atoms with Crippen LogP contribution in [0.2, 0.25) is 5.02 Å². The largest absolute Gasteiger partial charge is 0.508 e. The number of piperidine rings is 1. The number of fused-ring (bicyclic) bond motifs is 1. The average molecular weight is 419 g/mol. The molecule has 0 saturated carbocycles. The number of likely N-dealkylation sites (tertiary alicyclic amines) is 1. The summed E-state index contributed by atoms with van der Waals surface area (Å²) < 4.78 is 26.5. The second-order valence-electron chi connectivity index (χ2n) is 7.24. The number of benzene rings is 2. The minimum absolute atomic E-state index is 0.0499. The second kappa shape index (κ2) is 8.47. The predicted octanol–water partition coefficient (Wildman–Crippen LogP) is 5.00. The Labute approximate surface area is 172 Å². The van der Waals surface area contributed by atoms with Crippen LogP contribution in [0.1, 0.15) is 30.7 Å². The maximum atomic E-state index is 13.2. The Bertz CT molecular complexity index is 1020. The van der Waals surface area contributed by atoms with Gasteiger partial charge in [-0.05, 0) is 49.7 Å². The van der Waals surface area contributed by atoms with Crippen molar-refractivity contribution in [3.8, 4) is 5.75 Å². The number of para-hydroxylation sites is 1. The molecule has 0 spiro atoms. The minimum Gasteiger partial charge on any atom is -0.508 e. The third-order valence-electron chi connectivity index (χ3n) is 5.10. The maximum Gasteiger partial charge on any atom is 0.297 e. The maximum absolute atomic E-state index is 13.2. The van der Waals surface area contributed by atoms with Crippen molar-refractivity contribution in [3.05, 3.63) is 58.9 Å². The summed E-state index contributed by atoms with van der Waals surface area (Å²) in [7, 11) is 0. The van der Waals surface area contributed by atoms with Crippen LogP contribution in [0.15, 0.2) is 42.5 Å². The number of alkyl halides is 2. The standard InChI is InChI=1S/C21H21ClF2N4O/c22-14-7-8-18(29)13(10-14)11-28-9-3-4-15(12-28)25-20-16-5-1-2-6-17(16)26-21(27-20)19(23)24/h1-2,5-8,10,15,19,29H,3-4,9,11-12H2,(H,25,26,27). The Balaban J connectivity index is 1.53. The number of nitrogens with zero attached hydrogens (tertiary/aromatic N) is 3. The fourth-order valence-electron chi connectivity index (χ4n) is 3.73. The summed E-state index contributed by atoms with van der Waals surface area (Å²) >= 11 is 6.05. The smallest absolute Gasteiger partial charge is 0.297 e. The highest BCUT2D eigenvalue weighted by Crippen LogP contribution is 2.28. The van der Waals surface area contributed by atoms with Crippen molar-refractivity contribution in [2.45, 2.75) is 31.9 Å². The molecule has 152 valence electrons. The third kappa shape index (κ3) is 4.57. The SMILES string of the molecule is Oc1ccc(Cl)cc1CN1CCCC(Nc2nc(C(F)F)nc3ccccc23)C1. The number of phenolic OH excluding ortho intramolecular Hbond substituents is 1. The van der Waals surface area contributed by atoms with Crippen LogP contribution in [0.5, 0.6) is 5.75 Å². The molecule has 2 heterocycles. The first kappa shape index (κ1) is 19.8.